The molecule has 0 aliphatic carbocycles. The van der Waals surface area contributed by atoms with E-state index in [1.54, 1.807) is 7.05 Å². The van der Waals surface area contributed by atoms with Crippen molar-refractivity contribution >= 4 is 29.9 Å². The average molecular weight is 470 g/mol. The van der Waals surface area contributed by atoms with E-state index in [0.717, 1.165) is 11.5 Å². The minimum atomic E-state index is -0.218. The van der Waals surface area contributed by atoms with Crippen LogP contribution in [0.25, 0.3) is 0 Å². The van der Waals surface area contributed by atoms with Crippen LogP contribution in [-0.2, 0) is 6.54 Å². The highest BCUT2D eigenvalue weighted by Crippen LogP contribution is 2.17. The summed E-state index contributed by atoms with van der Waals surface area (Å²) in [6, 6.07) is 15.2. The van der Waals surface area contributed by atoms with E-state index in [2.05, 4.69) is 51.7 Å². The van der Waals surface area contributed by atoms with Crippen molar-refractivity contribution in [3.8, 4) is 0 Å². The van der Waals surface area contributed by atoms with Crippen LogP contribution < -0.4 is 10.6 Å². The van der Waals surface area contributed by atoms with Crippen molar-refractivity contribution < 1.29 is 4.39 Å². The Hall–Kier alpha value is -1.67. The standard InChI is InChI=1S/C20H27FN4.HI/c1-15-5-7-16(8-6-15)13-23-20(22-2)24-14-19(25(3)4)17-9-11-18(21)12-10-17;/h5-12,19H,13-14H2,1-4H3,(H2,22,23,24);1H. The summed E-state index contributed by atoms with van der Waals surface area (Å²) in [5.74, 6) is 0.527. The van der Waals surface area contributed by atoms with Gasteiger partial charge in [-0.3, -0.25) is 4.99 Å². The van der Waals surface area contributed by atoms with E-state index in [0.29, 0.717) is 13.1 Å². The van der Waals surface area contributed by atoms with Crippen LogP contribution in [0.2, 0.25) is 0 Å². The number of benzene rings is 2. The molecule has 4 nitrogen and oxygen atoms in total. The number of nitrogens with one attached hydrogen (secondary N) is 2. The molecule has 6 heteroatoms. The van der Waals surface area contributed by atoms with Gasteiger partial charge in [-0.05, 0) is 44.3 Å². The zero-order chi connectivity index (χ0) is 18.2. The van der Waals surface area contributed by atoms with Crippen molar-refractivity contribution in [2.24, 2.45) is 4.99 Å². The van der Waals surface area contributed by atoms with E-state index < -0.39 is 0 Å². The van der Waals surface area contributed by atoms with Gasteiger partial charge in [-0.1, -0.05) is 42.0 Å². The molecule has 0 saturated carbocycles. The number of rotatable bonds is 6. The molecule has 0 saturated heterocycles. The third-order valence-corrected chi connectivity index (χ3v) is 4.15. The third-order valence-electron chi connectivity index (χ3n) is 4.15. The van der Waals surface area contributed by atoms with Crippen LogP contribution in [0.15, 0.2) is 53.5 Å². The second-order valence-electron chi connectivity index (χ2n) is 6.32. The predicted octanol–water partition coefficient (Wildman–Crippen LogP) is 3.72. The molecule has 0 spiro atoms. The molecule has 1 unspecified atom stereocenters. The molecule has 2 rings (SSSR count). The second-order valence-corrected chi connectivity index (χ2v) is 6.32. The van der Waals surface area contributed by atoms with Gasteiger partial charge in [0.1, 0.15) is 5.82 Å². The van der Waals surface area contributed by atoms with Gasteiger partial charge in [0.15, 0.2) is 5.96 Å². The van der Waals surface area contributed by atoms with Gasteiger partial charge in [0, 0.05) is 20.1 Å². The van der Waals surface area contributed by atoms with E-state index in [-0.39, 0.29) is 35.8 Å². The van der Waals surface area contributed by atoms with E-state index in [1.807, 2.05) is 26.2 Å². The van der Waals surface area contributed by atoms with Crippen LogP contribution in [0.4, 0.5) is 4.39 Å². The van der Waals surface area contributed by atoms with Gasteiger partial charge >= 0.3 is 0 Å². The smallest absolute Gasteiger partial charge is 0.191 e. The van der Waals surface area contributed by atoms with E-state index >= 15 is 0 Å². The molecular formula is C20H28FIN4. The molecule has 0 bridgehead atoms. The molecule has 1 atom stereocenters. The number of nitrogens with zero attached hydrogens (tertiary/aromatic N) is 2. The van der Waals surface area contributed by atoms with Crippen LogP contribution in [-0.4, -0.2) is 38.5 Å². The van der Waals surface area contributed by atoms with E-state index in [9.17, 15) is 4.39 Å². The predicted molar refractivity (Wildman–Crippen MR) is 118 cm³/mol. The fourth-order valence-electron chi connectivity index (χ4n) is 2.59. The normalized spacial score (nSPS) is 12.5. The minimum absolute atomic E-state index is 0. The number of aliphatic imine (C=N–C) groups is 1. The Morgan fingerprint density at radius 2 is 1.65 bits per heavy atom. The maximum absolute atomic E-state index is 13.1. The minimum Gasteiger partial charge on any atom is -0.354 e. The summed E-state index contributed by atoms with van der Waals surface area (Å²) in [4.78, 5) is 6.38. The molecule has 0 aromatic heterocycles. The number of likely N-dealkylation sites (N-methyl/N-ethyl adjacent to an activating group) is 1. The van der Waals surface area contributed by atoms with Crippen LogP contribution in [0.5, 0.6) is 0 Å². The third kappa shape index (κ3) is 6.92. The molecule has 0 aliphatic heterocycles. The Labute approximate surface area is 172 Å². The summed E-state index contributed by atoms with van der Waals surface area (Å²) >= 11 is 0. The lowest BCUT2D eigenvalue weighted by Gasteiger charge is -2.26. The zero-order valence-electron chi connectivity index (χ0n) is 15.8. The van der Waals surface area contributed by atoms with Gasteiger partial charge in [-0.25, -0.2) is 4.39 Å². The summed E-state index contributed by atoms with van der Waals surface area (Å²) in [5, 5.41) is 6.67. The van der Waals surface area contributed by atoms with E-state index in [1.165, 1.54) is 23.3 Å². The van der Waals surface area contributed by atoms with Gasteiger partial charge in [0.2, 0.25) is 0 Å². The Morgan fingerprint density at radius 3 is 2.19 bits per heavy atom. The lowest BCUT2D eigenvalue weighted by atomic mass is 10.1. The summed E-state index contributed by atoms with van der Waals surface area (Å²) in [7, 11) is 5.78. The van der Waals surface area contributed by atoms with Gasteiger partial charge in [-0.2, -0.15) is 0 Å². The van der Waals surface area contributed by atoms with Gasteiger partial charge in [0.05, 0.1) is 6.04 Å². The monoisotopic (exact) mass is 470 g/mol. The molecule has 2 N–H and O–H groups in total. The Kier molecular flexibility index (Phi) is 9.58. The average Bonchev–Trinajstić information content (AvgIpc) is 2.60. The molecule has 2 aromatic rings. The van der Waals surface area contributed by atoms with Crippen molar-refractivity contribution in [1.29, 1.82) is 0 Å². The highest BCUT2D eigenvalue weighted by molar-refractivity contribution is 14.0. The van der Waals surface area contributed by atoms with Crippen molar-refractivity contribution in [3.05, 3.63) is 71.0 Å². The number of halogens is 2. The Bertz CT molecular complexity index is 684. The largest absolute Gasteiger partial charge is 0.354 e. The number of aryl methyl sites for hydroxylation is 1. The fraction of sp³-hybridized carbons (Fsp3) is 0.350. The van der Waals surface area contributed by atoms with Crippen molar-refractivity contribution in [1.82, 2.24) is 15.5 Å². The number of hydrogen-bond acceptors (Lipinski definition) is 2. The summed E-state index contributed by atoms with van der Waals surface area (Å²) in [5.41, 5.74) is 3.52. The summed E-state index contributed by atoms with van der Waals surface area (Å²) < 4.78 is 13.1. The first-order valence-electron chi connectivity index (χ1n) is 8.41. The van der Waals surface area contributed by atoms with Gasteiger partial charge < -0.3 is 15.5 Å². The molecule has 26 heavy (non-hydrogen) atoms. The lowest BCUT2D eigenvalue weighted by molar-refractivity contribution is 0.298. The Balaban J connectivity index is 0.00000338. The topological polar surface area (TPSA) is 39.7 Å². The highest BCUT2D eigenvalue weighted by atomic mass is 127. The first-order chi connectivity index (χ1) is 12.0. The molecule has 0 aliphatic rings. The van der Waals surface area contributed by atoms with Gasteiger partial charge in [-0.15, -0.1) is 24.0 Å². The SMILES string of the molecule is CN=C(NCc1ccc(C)cc1)NCC(c1ccc(F)cc1)N(C)C.I. The zero-order valence-corrected chi connectivity index (χ0v) is 18.1. The van der Waals surface area contributed by atoms with Crippen LogP contribution in [0, 0.1) is 12.7 Å². The van der Waals surface area contributed by atoms with Crippen molar-refractivity contribution in [2.75, 3.05) is 27.7 Å². The van der Waals surface area contributed by atoms with Crippen LogP contribution >= 0.6 is 24.0 Å². The van der Waals surface area contributed by atoms with Crippen molar-refractivity contribution in [3.63, 3.8) is 0 Å². The molecule has 0 fully saturated rings. The molecule has 0 amide bonds. The lowest BCUT2D eigenvalue weighted by Crippen LogP contribution is -2.41. The molecule has 0 heterocycles. The molecule has 142 valence electrons. The maximum atomic E-state index is 13.1. The van der Waals surface area contributed by atoms with Crippen molar-refractivity contribution in [2.45, 2.75) is 19.5 Å². The van der Waals surface area contributed by atoms with Crippen LogP contribution in [0.3, 0.4) is 0 Å². The summed E-state index contributed by atoms with van der Waals surface area (Å²) in [6.07, 6.45) is 0. The first kappa shape index (κ1) is 22.4. The second kappa shape index (κ2) is 11.1. The number of hydrogen-bond donors (Lipinski definition) is 2. The van der Waals surface area contributed by atoms with E-state index in [4.69, 9.17) is 0 Å². The Morgan fingerprint density at radius 1 is 1.04 bits per heavy atom. The summed E-state index contributed by atoms with van der Waals surface area (Å²) in [6.45, 7) is 3.46. The maximum Gasteiger partial charge on any atom is 0.191 e. The molecule has 0 radical (unpaired) electrons. The molecular weight excluding hydrogens is 442 g/mol. The highest BCUT2D eigenvalue weighted by Gasteiger charge is 2.14. The fourth-order valence-corrected chi connectivity index (χ4v) is 2.59. The molecule has 2 aromatic carbocycles. The quantitative estimate of drug-likeness (QED) is 0.384. The van der Waals surface area contributed by atoms with Crippen LogP contribution in [0.1, 0.15) is 22.7 Å². The van der Waals surface area contributed by atoms with Gasteiger partial charge in [0.25, 0.3) is 0 Å². The first-order valence-corrected chi connectivity index (χ1v) is 8.41. The number of guanidine groups is 1.